The third-order valence-electron chi connectivity index (χ3n) is 5.71. The number of rotatable bonds is 8. The Morgan fingerprint density at radius 3 is 2.61 bits per heavy atom. The van der Waals surface area contributed by atoms with Crippen LogP contribution in [0.4, 0.5) is 20.2 Å². The van der Waals surface area contributed by atoms with Crippen molar-refractivity contribution in [3.8, 4) is 0 Å². The molecule has 1 saturated heterocycles. The highest BCUT2D eigenvalue weighted by molar-refractivity contribution is 6.34. The zero-order valence-corrected chi connectivity index (χ0v) is 19.7. The van der Waals surface area contributed by atoms with Gasteiger partial charge < -0.3 is 20.4 Å². The second-order valence-corrected chi connectivity index (χ2v) is 8.57. The Bertz CT molecular complexity index is 1280. The van der Waals surface area contributed by atoms with Crippen LogP contribution < -0.4 is 16.0 Å². The fraction of sp³-hybridized carbons (Fsp3) is 0.250. The average Bonchev–Trinajstić information content (AvgIpc) is 3.49. The molecule has 1 atom stereocenters. The number of carbonyl (C=O) groups excluding carboxylic acids is 3. The molecular formula is C24H22ClF2N5O4. The minimum atomic E-state index is -0.937. The number of nitrogens with one attached hydrogen (secondary N) is 1. The van der Waals surface area contributed by atoms with E-state index in [2.05, 4.69) is 10.3 Å². The fourth-order valence-corrected chi connectivity index (χ4v) is 4.13. The summed E-state index contributed by atoms with van der Waals surface area (Å²) in [6, 6.07) is 9.75. The summed E-state index contributed by atoms with van der Waals surface area (Å²) in [5, 5.41) is 2.63. The molecule has 9 nitrogen and oxygen atoms in total. The van der Waals surface area contributed by atoms with Gasteiger partial charge in [-0.25, -0.2) is 13.8 Å². The van der Waals surface area contributed by atoms with E-state index in [0.29, 0.717) is 30.9 Å². The number of oxazole rings is 1. The largest absolute Gasteiger partial charge is 0.437 e. The molecule has 4 rings (SSSR count). The molecule has 188 valence electrons. The molecule has 0 bridgehead atoms. The number of nitrogens with two attached hydrogens (primary N) is 1. The summed E-state index contributed by atoms with van der Waals surface area (Å²) < 4.78 is 31.8. The van der Waals surface area contributed by atoms with Crippen LogP contribution in [-0.4, -0.2) is 60.0 Å². The van der Waals surface area contributed by atoms with Crippen molar-refractivity contribution in [1.29, 1.82) is 0 Å². The maximum Gasteiger partial charge on any atom is 0.287 e. The van der Waals surface area contributed by atoms with Crippen LogP contribution in [0.1, 0.15) is 37.8 Å². The second kappa shape index (κ2) is 10.8. The van der Waals surface area contributed by atoms with Gasteiger partial charge in [0.2, 0.25) is 5.76 Å². The summed E-state index contributed by atoms with van der Waals surface area (Å²) in [6.45, 7) is 1.40. The van der Waals surface area contributed by atoms with Gasteiger partial charge in [-0.2, -0.15) is 0 Å². The van der Waals surface area contributed by atoms with Gasteiger partial charge in [-0.15, -0.1) is 0 Å². The number of likely N-dealkylation sites (tertiary alicyclic amines) is 1. The minimum Gasteiger partial charge on any atom is -0.437 e. The van der Waals surface area contributed by atoms with Crippen LogP contribution >= 0.6 is 11.6 Å². The lowest BCUT2D eigenvalue weighted by atomic mass is 10.2. The first-order valence-corrected chi connectivity index (χ1v) is 11.4. The van der Waals surface area contributed by atoms with E-state index < -0.39 is 29.7 Å². The van der Waals surface area contributed by atoms with E-state index in [1.807, 2.05) is 4.90 Å². The summed E-state index contributed by atoms with van der Waals surface area (Å²) in [5.74, 6) is -3.02. The summed E-state index contributed by atoms with van der Waals surface area (Å²) in [4.78, 5) is 44.6. The highest BCUT2D eigenvalue weighted by Crippen LogP contribution is 2.24. The standard InChI is InChI=1S/C24H22ClF2N5O4/c25-19-11-14(26)1-6-18(19)23(34)30-16-2-4-17(5-3-16)32(10-9-31-8-7-15(27)12-31)24(35)20-21(22(28)33)36-13-29-20/h1-6,11,13,15H,7-10,12H2,(H2,28,33)(H,30,34)/t15-/m0/s1. The highest BCUT2D eigenvalue weighted by Gasteiger charge is 2.28. The molecule has 0 aliphatic carbocycles. The van der Waals surface area contributed by atoms with E-state index in [0.717, 1.165) is 18.5 Å². The lowest BCUT2D eigenvalue weighted by Gasteiger charge is -2.25. The first-order valence-electron chi connectivity index (χ1n) is 11.0. The van der Waals surface area contributed by atoms with Gasteiger partial charge in [0, 0.05) is 37.6 Å². The molecule has 2 heterocycles. The Hall–Kier alpha value is -3.83. The van der Waals surface area contributed by atoms with Gasteiger partial charge in [-0.05, 0) is 48.9 Å². The minimum absolute atomic E-state index is 0.0313. The monoisotopic (exact) mass is 517 g/mol. The number of anilines is 2. The number of aromatic nitrogens is 1. The lowest BCUT2D eigenvalue weighted by molar-refractivity contribution is 0.0939. The van der Waals surface area contributed by atoms with Crippen molar-refractivity contribution in [3.63, 3.8) is 0 Å². The van der Waals surface area contributed by atoms with E-state index in [9.17, 15) is 23.2 Å². The number of carbonyl (C=O) groups is 3. The molecule has 0 unspecified atom stereocenters. The first kappa shape index (κ1) is 25.3. The van der Waals surface area contributed by atoms with Gasteiger partial charge in [0.1, 0.15) is 12.0 Å². The molecule has 3 N–H and O–H groups in total. The van der Waals surface area contributed by atoms with Crippen LogP contribution in [0.25, 0.3) is 0 Å². The predicted octanol–water partition coefficient (Wildman–Crippen LogP) is 3.51. The van der Waals surface area contributed by atoms with Crippen molar-refractivity contribution in [1.82, 2.24) is 9.88 Å². The first-order chi connectivity index (χ1) is 17.2. The van der Waals surface area contributed by atoms with Crippen LogP contribution in [0, 0.1) is 5.82 Å². The van der Waals surface area contributed by atoms with Gasteiger partial charge in [0.15, 0.2) is 12.1 Å². The van der Waals surface area contributed by atoms with Crippen molar-refractivity contribution < 1.29 is 27.6 Å². The number of amides is 3. The molecule has 1 fully saturated rings. The van der Waals surface area contributed by atoms with E-state index in [1.165, 1.54) is 11.0 Å². The van der Waals surface area contributed by atoms with Crippen LogP contribution in [0.15, 0.2) is 53.3 Å². The Labute approximate surface area is 209 Å². The Kier molecular flexibility index (Phi) is 7.61. The maximum absolute atomic E-state index is 13.6. The molecule has 0 spiro atoms. The van der Waals surface area contributed by atoms with Crippen LogP contribution in [0.3, 0.4) is 0 Å². The Morgan fingerprint density at radius 2 is 1.97 bits per heavy atom. The van der Waals surface area contributed by atoms with Crippen LogP contribution in [-0.2, 0) is 0 Å². The van der Waals surface area contributed by atoms with Gasteiger partial charge in [0.25, 0.3) is 17.7 Å². The van der Waals surface area contributed by atoms with Crippen molar-refractivity contribution in [2.45, 2.75) is 12.6 Å². The van der Waals surface area contributed by atoms with E-state index in [-0.39, 0.29) is 35.1 Å². The smallest absolute Gasteiger partial charge is 0.287 e. The number of alkyl halides is 1. The summed E-state index contributed by atoms with van der Waals surface area (Å²) in [5.41, 5.74) is 5.99. The molecule has 3 amide bonds. The van der Waals surface area contributed by atoms with Crippen molar-refractivity contribution in [2.75, 3.05) is 36.4 Å². The Balaban J connectivity index is 1.54. The molecule has 0 radical (unpaired) electrons. The molecular weight excluding hydrogens is 496 g/mol. The van der Waals surface area contributed by atoms with Gasteiger partial charge in [-0.3, -0.25) is 19.3 Å². The summed E-state index contributed by atoms with van der Waals surface area (Å²) in [7, 11) is 0. The number of nitrogens with zero attached hydrogens (tertiary/aromatic N) is 3. The molecule has 1 aliphatic heterocycles. The van der Waals surface area contributed by atoms with E-state index >= 15 is 0 Å². The molecule has 0 saturated carbocycles. The highest BCUT2D eigenvalue weighted by atomic mass is 35.5. The number of benzene rings is 2. The van der Waals surface area contributed by atoms with Crippen molar-refractivity contribution in [3.05, 3.63) is 76.7 Å². The lowest BCUT2D eigenvalue weighted by Crippen LogP contribution is -2.39. The summed E-state index contributed by atoms with van der Waals surface area (Å²) in [6.07, 6.45) is 0.470. The molecule has 2 aromatic carbocycles. The van der Waals surface area contributed by atoms with Crippen LogP contribution in [0.2, 0.25) is 5.02 Å². The van der Waals surface area contributed by atoms with E-state index in [1.54, 1.807) is 24.3 Å². The number of hydrogen-bond donors (Lipinski definition) is 2. The topological polar surface area (TPSA) is 122 Å². The quantitative estimate of drug-likeness (QED) is 0.471. The number of halogens is 3. The van der Waals surface area contributed by atoms with Crippen LogP contribution in [0.5, 0.6) is 0 Å². The van der Waals surface area contributed by atoms with Gasteiger partial charge in [-0.1, -0.05) is 11.6 Å². The number of primary amides is 1. The van der Waals surface area contributed by atoms with E-state index in [4.69, 9.17) is 21.8 Å². The van der Waals surface area contributed by atoms with Crippen molar-refractivity contribution >= 4 is 40.7 Å². The molecule has 1 aliphatic rings. The zero-order chi connectivity index (χ0) is 25.8. The van der Waals surface area contributed by atoms with Gasteiger partial charge >= 0.3 is 0 Å². The van der Waals surface area contributed by atoms with Crippen molar-refractivity contribution in [2.24, 2.45) is 5.73 Å². The second-order valence-electron chi connectivity index (χ2n) is 8.16. The molecule has 12 heteroatoms. The molecule has 3 aromatic rings. The predicted molar refractivity (Wildman–Crippen MR) is 128 cm³/mol. The Morgan fingerprint density at radius 1 is 1.22 bits per heavy atom. The fourth-order valence-electron chi connectivity index (χ4n) is 3.88. The third-order valence-corrected chi connectivity index (χ3v) is 6.02. The zero-order valence-electron chi connectivity index (χ0n) is 18.9. The molecule has 36 heavy (non-hydrogen) atoms. The molecule has 1 aromatic heterocycles. The SMILES string of the molecule is NC(=O)c1ocnc1C(=O)N(CCN1CC[C@H](F)C1)c1ccc(NC(=O)c2ccc(F)cc2Cl)cc1. The van der Waals surface area contributed by atoms with Gasteiger partial charge in [0.05, 0.1) is 10.6 Å². The maximum atomic E-state index is 13.6. The average molecular weight is 518 g/mol. The number of hydrogen-bond acceptors (Lipinski definition) is 6. The third kappa shape index (κ3) is 5.69. The summed E-state index contributed by atoms with van der Waals surface area (Å²) >= 11 is 5.95. The normalized spacial score (nSPS) is 15.6.